The first-order valence-electron chi connectivity index (χ1n) is 8.09. The Bertz CT molecular complexity index is 708. The molecule has 1 aliphatic rings. The number of nitrogens with zero attached hydrogens (tertiary/aromatic N) is 3. The van der Waals surface area contributed by atoms with Crippen molar-refractivity contribution in [1.82, 2.24) is 9.97 Å². The largest absolute Gasteiger partial charge is 0.357 e. The third-order valence-electron chi connectivity index (χ3n) is 4.33. The van der Waals surface area contributed by atoms with Crippen LogP contribution in [0, 0.1) is 13.8 Å². The number of benzene rings is 1. The molecule has 0 atom stereocenters. The molecule has 0 aliphatic carbocycles. The van der Waals surface area contributed by atoms with E-state index in [-0.39, 0.29) is 5.91 Å². The van der Waals surface area contributed by atoms with Crippen LogP contribution in [0.2, 0.25) is 0 Å². The lowest BCUT2D eigenvalue weighted by Gasteiger charge is -2.27. The molecule has 5 heteroatoms. The summed E-state index contributed by atoms with van der Waals surface area (Å²) in [6.45, 7) is 6.07. The van der Waals surface area contributed by atoms with Gasteiger partial charge in [-0.1, -0.05) is 6.07 Å². The van der Waals surface area contributed by atoms with Gasteiger partial charge in [0.15, 0.2) is 0 Å². The van der Waals surface area contributed by atoms with E-state index < -0.39 is 0 Å². The summed E-state index contributed by atoms with van der Waals surface area (Å²) in [5.74, 6) is 0.638. The summed E-state index contributed by atoms with van der Waals surface area (Å²) in [5.41, 5.74) is 3.55. The van der Waals surface area contributed by atoms with Gasteiger partial charge in [-0.15, -0.1) is 0 Å². The van der Waals surface area contributed by atoms with E-state index in [0.29, 0.717) is 5.69 Å². The summed E-state index contributed by atoms with van der Waals surface area (Å²) >= 11 is 0. The average molecular weight is 310 g/mol. The topological polar surface area (TPSA) is 58.1 Å². The summed E-state index contributed by atoms with van der Waals surface area (Å²) in [4.78, 5) is 23.1. The highest BCUT2D eigenvalue weighted by Crippen LogP contribution is 2.19. The minimum absolute atomic E-state index is 0.200. The van der Waals surface area contributed by atoms with E-state index in [2.05, 4.69) is 27.1 Å². The fourth-order valence-corrected chi connectivity index (χ4v) is 2.78. The lowest BCUT2D eigenvalue weighted by molar-refractivity contribution is 0.102. The van der Waals surface area contributed by atoms with Crippen LogP contribution in [0.15, 0.2) is 30.6 Å². The summed E-state index contributed by atoms with van der Waals surface area (Å²) in [6.07, 6.45) is 5.09. The van der Waals surface area contributed by atoms with E-state index in [0.717, 1.165) is 30.2 Å². The lowest BCUT2D eigenvalue weighted by atomic mass is 10.1. The van der Waals surface area contributed by atoms with Crippen LogP contribution in [0.5, 0.6) is 0 Å². The Labute approximate surface area is 136 Å². The Morgan fingerprint density at radius 3 is 2.57 bits per heavy atom. The molecule has 2 aromatic rings. The Morgan fingerprint density at radius 2 is 1.83 bits per heavy atom. The molecule has 0 unspecified atom stereocenters. The number of carbonyl (C=O) groups excluding carboxylic acids is 1. The van der Waals surface area contributed by atoms with Crippen LogP contribution in [0.25, 0.3) is 0 Å². The summed E-state index contributed by atoms with van der Waals surface area (Å²) in [7, 11) is 0. The fourth-order valence-electron chi connectivity index (χ4n) is 2.78. The van der Waals surface area contributed by atoms with Crippen molar-refractivity contribution in [2.45, 2.75) is 33.1 Å². The van der Waals surface area contributed by atoms with Gasteiger partial charge in [0, 0.05) is 24.8 Å². The number of aromatic nitrogens is 2. The first-order valence-corrected chi connectivity index (χ1v) is 8.09. The molecule has 5 nitrogen and oxygen atoms in total. The van der Waals surface area contributed by atoms with E-state index in [1.807, 2.05) is 25.1 Å². The van der Waals surface area contributed by atoms with E-state index >= 15 is 0 Å². The second-order valence-electron chi connectivity index (χ2n) is 6.06. The first-order chi connectivity index (χ1) is 11.1. The molecule has 1 saturated heterocycles. The molecular weight excluding hydrogens is 288 g/mol. The minimum Gasteiger partial charge on any atom is -0.357 e. The molecule has 1 amide bonds. The maximum Gasteiger partial charge on any atom is 0.274 e. The molecular formula is C18H22N4O. The number of anilines is 2. The fraction of sp³-hybridized carbons (Fsp3) is 0.389. The Morgan fingerprint density at radius 1 is 1.04 bits per heavy atom. The van der Waals surface area contributed by atoms with Gasteiger partial charge in [0.2, 0.25) is 0 Å². The number of piperidine rings is 1. The second kappa shape index (κ2) is 6.77. The third-order valence-corrected chi connectivity index (χ3v) is 4.33. The quantitative estimate of drug-likeness (QED) is 0.944. The zero-order chi connectivity index (χ0) is 16.2. The van der Waals surface area contributed by atoms with Gasteiger partial charge in [-0.3, -0.25) is 4.79 Å². The smallest absolute Gasteiger partial charge is 0.274 e. The van der Waals surface area contributed by atoms with Crippen LogP contribution >= 0.6 is 0 Å². The lowest BCUT2D eigenvalue weighted by Crippen LogP contribution is -2.30. The monoisotopic (exact) mass is 310 g/mol. The molecule has 23 heavy (non-hydrogen) atoms. The molecule has 0 bridgehead atoms. The molecule has 0 spiro atoms. The maximum absolute atomic E-state index is 12.4. The number of aryl methyl sites for hydroxylation is 2. The molecule has 2 heterocycles. The SMILES string of the molecule is Cc1ccc(NC(=O)c2cc(N3CCCCC3)ncn2)cc1C. The second-order valence-corrected chi connectivity index (χ2v) is 6.06. The van der Waals surface area contributed by atoms with Crippen molar-refractivity contribution in [2.75, 3.05) is 23.3 Å². The third kappa shape index (κ3) is 3.67. The number of carbonyl (C=O) groups is 1. The highest BCUT2D eigenvalue weighted by Gasteiger charge is 2.15. The van der Waals surface area contributed by atoms with Gasteiger partial charge in [0.25, 0.3) is 5.91 Å². The molecule has 1 N–H and O–H groups in total. The van der Waals surface area contributed by atoms with Gasteiger partial charge < -0.3 is 10.2 Å². The van der Waals surface area contributed by atoms with Crippen LogP contribution in [0.4, 0.5) is 11.5 Å². The Balaban J connectivity index is 1.75. The first kappa shape index (κ1) is 15.5. The van der Waals surface area contributed by atoms with Crippen LogP contribution < -0.4 is 10.2 Å². The van der Waals surface area contributed by atoms with Gasteiger partial charge in [-0.05, 0) is 56.4 Å². The number of hydrogen-bond donors (Lipinski definition) is 1. The Hall–Kier alpha value is -2.43. The van der Waals surface area contributed by atoms with Crippen molar-refractivity contribution in [1.29, 1.82) is 0 Å². The van der Waals surface area contributed by atoms with Gasteiger partial charge >= 0.3 is 0 Å². The highest BCUT2D eigenvalue weighted by molar-refractivity contribution is 6.03. The van der Waals surface area contributed by atoms with Gasteiger partial charge in [0.1, 0.15) is 17.8 Å². The zero-order valence-corrected chi connectivity index (χ0v) is 13.7. The minimum atomic E-state index is -0.200. The maximum atomic E-state index is 12.4. The number of rotatable bonds is 3. The van der Waals surface area contributed by atoms with Crippen molar-refractivity contribution in [3.63, 3.8) is 0 Å². The van der Waals surface area contributed by atoms with Crippen LogP contribution in [0.1, 0.15) is 40.9 Å². The standard InChI is InChI=1S/C18H22N4O/c1-13-6-7-15(10-14(13)2)21-18(23)16-11-17(20-12-19-16)22-8-4-3-5-9-22/h6-7,10-12H,3-5,8-9H2,1-2H3,(H,21,23). The van der Waals surface area contributed by atoms with E-state index in [1.165, 1.54) is 31.2 Å². The molecule has 0 saturated carbocycles. The van der Waals surface area contributed by atoms with E-state index in [4.69, 9.17) is 0 Å². The molecule has 120 valence electrons. The van der Waals surface area contributed by atoms with Crippen LogP contribution in [-0.2, 0) is 0 Å². The summed E-state index contributed by atoms with van der Waals surface area (Å²) < 4.78 is 0. The summed E-state index contributed by atoms with van der Waals surface area (Å²) in [5, 5.41) is 2.91. The predicted octanol–water partition coefficient (Wildman–Crippen LogP) is 3.34. The van der Waals surface area contributed by atoms with E-state index in [9.17, 15) is 4.79 Å². The average Bonchev–Trinajstić information content (AvgIpc) is 2.59. The molecule has 1 aliphatic heterocycles. The van der Waals surface area contributed by atoms with Crippen molar-refractivity contribution in [3.05, 3.63) is 47.4 Å². The van der Waals surface area contributed by atoms with Crippen LogP contribution in [-0.4, -0.2) is 29.0 Å². The molecule has 1 aromatic heterocycles. The molecule has 3 rings (SSSR count). The zero-order valence-electron chi connectivity index (χ0n) is 13.7. The van der Waals surface area contributed by atoms with Gasteiger partial charge in [-0.2, -0.15) is 0 Å². The van der Waals surface area contributed by atoms with Crippen LogP contribution in [0.3, 0.4) is 0 Å². The van der Waals surface area contributed by atoms with Crippen molar-refractivity contribution < 1.29 is 4.79 Å². The predicted molar refractivity (Wildman–Crippen MR) is 92.0 cm³/mol. The van der Waals surface area contributed by atoms with Gasteiger partial charge in [-0.25, -0.2) is 9.97 Å². The molecule has 1 fully saturated rings. The number of hydrogen-bond acceptors (Lipinski definition) is 4. The van der Waals surface area contributed by atoms with Crippen molar-refractivity contribution >= 4 is 17.4 Å². The Kier molecular flexibility index (Phi) is 4.55. The van der Waals surface area contributed by atoms with Gasteiger partial charge in [0.05, 0.1) is 0 Å². The van der Waals surface area contributed by atoms with E-state index in [1.54, 1.807) is 6.07 Å². The van der Waals surface area contributed by atoms with Crippen molar-refractivity contribution in [2.24, 2.45) is 0 Å². The molecule has 1 aromatic carbocycles. The normalized spacial score (nSPS) is 14.6. The van der Waals surface area contributed by atoms with Crippen molar-refractivity contribution in [3.8, 4) is 0 Å². The number of nitrogens with one attached hydrogen (secondary N) is 1. The summed E-state index contributed by atoms with van der Waals surface area (Å²) in [6, 6.07) is 7.67. The highest BCUT2D eigenvalue weighted by atomic mass is 16.1. The molecule has 0 radical (unpaired) electrons. The number of amides is 1.